The van der Waals surface area contributed by atoms with E-state index in [0.717, 1.165) is 10.8 Å². The zero-order chi connectivity index (χ0) is 9.26. The van der Waals surface area contributed by atoms with Crippen LogP contribution in [0.15, 0.2) is 30.6 Å². The SMILES string of the molecule is Fc1cc2cnccc2cc1CBr. The Kier molecular flexibility index (Phi) is 2.27. The van der Waals surface area contributed by atoms with Crippen molar-refractivity contribution in [2.45, 2.75) is 5.33 Å². The fourth-order valence-corrected chi connectivity index (χ4v) is 1.69. The quantitative estimate of drug-likeness (QED) is 0.697. The van der Waals surface area contributed by atoms with Crippen molar-refractivity contribution in [3.8, 4) is 0 Å². The molecule has 0 saturated heterocycles. The summed E-state index contributed by atoms with van der Waals surface area (Å²) in [5.41, 5.74) is 0.679. The van der Waals surface area contributed by atoms with Gasteiger partial charge in [-0.05, 0) is 29.1 Å². The third-order valence-electron chi connectivity index (χ3n) is 1.95. The highest BCUT2D eigenvalue weighted by Crippen LogP contribution is 2.19. The summed E-state index contributed by atoms with van der Waals surface area (Å²) in [4.78, 5) is 3.93. The third-order valence-corrected chi connectivity index (χ3v) is 2.55. The Morgan fingerprint density at radius 3 is 2.92 bits per heavy atom. The standard InChI is InChI=1S/C10H7BrFN/c11-5-8-3-7-1-2-13-6-9(7)4-10(8)12/h1-4,6H,5H2. The maximum absolute atomic E-state index is 13.3. The van der Waals surface area contributed by atoms with Gasteiger partial charge >= 0.3 is 0 Å². The molecule has 0 aliphatic heterocycles. The second kappa shape index (κ2) is 3.42. The molecular formula is C10H7BrFN. The highest BCUT2D eigenvalue weighted by molar-refractivity contribution is 9.08. The van der Waals surface area contributed by atoms with Gasteiger partial charge in [0.1, 0.15) is 5.82 Å². The lowest BCUT2D eigenvalue weighted by Gasteiger charge is -2.01. The van der Waals surface area contributed by atoms with Gasteiger partial charge in [-0.1, -0.05) is 15.9 Å². The number of nitrogens with zero attached hydrogens (tertiary/aromatic N) is 1. The Morgan fingerprint density at radius 1 is 1.31 bits per heavy atom. The molecule has 2 aromatic rings. The van der Waals surface area contributed by atoms with E-state index in [9.17, 15) is 4.39 Å². The summed E-state index contributed by atoms with van der Waals surface area (Å²) in [6.45, 7) is 0. The summed E-state index contributed by atoms with van der Waals surface area (Å²) in [6.07, 6.45) is 3.37. The molecule has 0 amide bonds. The van der Waals surface area contributed by atoms with Crippen molar-refractivity contribution >= 4 is 26.7 Å². The lowest BCUT2D eigenvalue weighted by Crippen LogP contribution is -1.86. The van der Waals surface area contributed by atoms with Gasteiger partial charge in [0.25, 0.3) is 0 Å². The molecule has 0 atom stereocenters. The molecule has 0 saturated carbocycles. The number of pyridine rings is 1. The predicted molar refractivity (Wildman–Crippen MR) is 54.3 cm³/mol. The van der Waals surface area contributed by atoms with Crippen LogP contribution in [0.5, 0.6) is 0 Å². The monoisotopic (exact) mass is 239 g/mol. The van der Waals surface area contributed by atoms with Crippen LogP contribution in [-0.2, 0) is 5.33 Å². The summed E-state index contributed by atoms with van der Waals surface area (Å²) >= 11 is 3.24. The molecule has 0 aliphatic rings. The molecule has 3 heteroatoms. The number of fused-ring (bicyclic) bond motifs is 1. The van der Waals surface area contributed by atoms with Crippen LogP contribution in [0.4, 0.5) is 4.39 Å². The van der Waals surface area contributed by atoms with Crippen LogP contribution >= 0.6 is 15.9 Å². The topological polar surface area (TPSA) is 12.9 Å². The molecule has 0 bridgehead atoms. The molecule has 1 aromatic carbocycles. The number of hydrogen-bond donors (Lipinski definition) is 0. The fourth-order valence-electron chi connectivity index (χ4n) is 1.26. The molecule has 2 rings (SSSR count). The molecule has 0 fully saturated rings. The Labute approximate surface area is 83.7 Å². The van der Waals surface area contributed by atoms with Crippen molar-refractivity contribution in [3.63, 3.8) is 0 Å². The van der Waals surface area contributed by atoms with Gasteiger partial charge in [-0.2, -0.15) is 0 Å². The maximum atomic E-state index is 13.3. The van der Waals surface area contributed by atoms with Crippen molar-refractivity contribution in [1.29, 1.82) is 0 Å². The van der Waals surface area contributed by atoms with E-state index in [0.29, 0.717) is 10.9 Å². The van der Waals surface area contributed by atoms with Crippen LogP contribution in [0.2, 0.25) is 0 Å². The molecule has 0 spiro atoms. The number of aromatic nitrogens is 1. The van der Waals surface area contributed by atoms with E-state index in [1.165, 1.54) is 6.07 Å². The van der Waals surface area contributed by atoms with Crippen LogP contribution in [0, 0.1) is 5.82 Å². The molecule has 0 unspecified atom stereocenters. The third kappa shape index (κ3) is 1.56. The first kappa shape index (κ1) is 8.63. The van der Waals surface area contributed by atoms with E-state index in [1.807, 2.05) is 12.1 Å². The van der Waals surface area contributed by atoms with E-state index in [4.69, 9.17) is 0 Å². The zero-order valence-corrected chi connectivity index (χ0v) is 8.38. The Bertz CT molecular complexity index is 442. The van der Waals surface area contributed by atoms with Crippen molar-refractivity contribution < 1.29 is 4.39 Å². The van der Waals surface area contributed by atoms with E-state index >= 15 is 0 Å². The zero-order valence-electron chi connectivity index (χ0n) is 6.80. The molecule has 0 N–H and O–H groups in total. The van der Waals surface area contributed by atoms with Crippen LogP contribution in [0.3, 0.4) is 0 Å². The van der Waals surface area contributed by atoms with Crippen molar-refractivity contribution in [2.24, 2.45) is 0 Å². The van der Waals surface area contributed by atoms with E-state index in [-0.39, 0.29) is 5.82 Å². The first-order valence-electron chi connectivity index (χ1n) is 3.89. The second-order valence-electron chi connectivity index (χ2n) is 2.80. The van der Waals surface area contributed by atoms with Crippen molar-refractivity contribution in [1.82, 2.24) is 4.98 Å². The van der Waals surface area contributed by atoms with Gasteiger partial charge in [-0.3, -0.25) is 4.98 Å². The number of halogens is 2. The Hall–Kier alpha value is -0.960. The van der Waals surface area contributed by atoms with Crippen LogP contribution < -0.4 is 0 Å². The Balaban J connectivity index is 2.74. The summed E-state index contributed by atoms with van der Waals surface area (Å²) in [7, 11) is 0. The number of hydrogen-bond acceptors (Lipinski definition) is 1. The van der Waals surface area contributed by atoms with Gasteiger partial charge < -0.3 is 0 Å². The Morgan fingerprint density at radius 2 is 2.15 bits per heavy atom. The molecular weight excluding hydrogens is 233 g/mol. The lowest BCUT2D eigenvalue weighted by molar-refractivity contribution is 0.619. The van der Waals surface area contributed by atoms with E-state index < -0.39 is 0 Å². The van der Waals surface area contributed by atoms with Crippen molar-refractivity contribution in [2.75, 3.05) is 0 Å². The maximum Gasteiger partial charge on any atom is 0.127 e. The average molecular weight is 240 g/mol. The molecule has 66 valence electrons. The van der Waals surface area contributed by atoms with Gasteiger partial charge in [0.2, 0.25) is 0 Å². The average Bonchev–Trinajstić information content (AvgIpc) is 2.17. The van der Waals surface area contributed by atoms with Gasteiger partial charge in [-0.25, -0.2) is 4.39 Å². The summed E-state index contributed by atoms with van der Waals surface area (Å²) in [5, 5.41) is 2.40. The van der Waals surface area contributed by atoms with Gasteiger partial charge in [-0.15, -0.1) is 0 Å². The van der Waals surface area contributed by atoms with Crippen LogP contribution in [0.25, 0.3) is 10.8 Å². The van der Waals surface area contributed by atoms with Gasteiger partial charge in [0, 0.05) is 23.1 Å². The van der Waals surface area contributed by atoms with E-state index in [1.54, 1.807) is 12.4 Å². The van der Waals surface area contributed by atoms with Crippen LogP contribution in [-0.4, -0.2) is 4.98 Å². The minimum Gasteiger partial charge on any atom is -0.264 e. The molecule has 0 radical (unpaired) electrons. The molecule has 1 nitrogen and oxygen atoms in total. The molecule has 1 heterocycles. The van der Waals surface area contributed by atoms with Gasteiger partial charge in [0.05, 0.1) is 0 Å². The largest absolute Gasteiger partial charge is 0.264 e. The lowest BCUT2D eigenvalue weighted by atomic mass is 10.1. The van der Waals surface area contributed by atoms with E-state index in [2.05, 4.69) is 20.9 Å². The summed E-state index contributed by atoms with van der Waals surface area (Å²) in [6, 6.07) is 5.22. The van der Waals surface area contributed by atoms with Gasteiger partial charge in [0.15, 0.2) is 0 Å². The highest BCUT2D eigenvalue weighted by atomic mass is 79.9. The minimum atomic E-state index is -0.183. The fraction of sp³-hybridized carbons (Fsp3) is 0.100. The first-order valence-corrected chi connectivity index (χ1v) is 5.01. The predicted octanol–water partition coefficient (Wildman–Crippen LogP) is 3.27. The van der Waals surface area contributed by atoms with Crippen LogP contribution in [0.1, 0.15) is 5.56 Å². The summed E-state index contributed by atoms with van der Waals surface area (Å²) < 4.78 is 13.3. The normalized spacial score (nSPS) is 10.6. The van der Waals surface area contributed by atoms with Crippen molar-refractivity contribution in [3.05, 3.63) is 42.0 Å². The number of alkyl halides is 1. The first-order chi connectivity index (χ1) is 6.31. The second-order valence-corrected chi connectivity index (χ2v) is 3.36. The minimum absolute atomic E-state index is 0.183. The number of benzene rings is 1. The molecule has 0 aliphatic carbocycles. The number of rotatable bonds is 1. The molecule has 1 aromatic heterocycles. The summed E-state index contributed by atoms with van der Waals surface area (Å²) in [5.74, 6) is -0.183. The smallest absolute Gasteiger partial charge is 0.127 e. The highest BCUT2D eigenvalue weighted by Gasteiger charge is 2.02. The molecule has 13 heavy (non-hydrogen) atoms.